The summed E-state index contributed by atoms with van der Waals surface area (Å²) in [7, 11) is -0.891. The average Bonchev–Trinajstić information content (AvgIpc) is 3.03. The fourth-order valence-corrected chi connectivity index (χ4v) is 5.68. The van der Waals surface area contributed by atoms with Crippen LogP contribution in [-0.2, 0) is 15.9 Å². The minimum atomic E-state index is -4.76. The normalized spacial score (nSPS) is 15.3. The highest BCUT2D eigenvalue weighted by Crippen LogP contribution is 2.33. The molecular formula is C32H34F5N9O2S. The van der Waals surface area contributed by atoms with Gasteiger partial charge in [-0.05, 0) is 61.1 Å². The maximum atomic E-state index is 15.3. The highest BCUT2D eigenvalue weighted by atomic mass is 32.2. The molecule has 0 aliphatic carbocycles. The molecule has 17 heteroatoms. The fourth-order valence-electron chi connectivity index (χ4n) is 4.99. The van der Waals surface area contributed by atoms with Crippen molar-refractivity contribution in [2.75, 3.05) is 73.8 Å². The number of halogens is 5. The third-order valence-corrected chi connectivity index (χ3v) is 8.87. The number of hydrogen-bond donors (Lipinski definition) is 5. The lowest BCUT2D eigenvalue weighted by molar-refractivity contribution is -0.137. The standard InChI is InChI=1S/C32H34F5N9O2S/c1-45-12-14-46(15-13-45)11-10-39-29-24(19-40-30(44-29)41-22-4-3-5-23(18-22)49(2,38)48)20-6-9-27(26(34)16-20)42-31(47)43-28-17-21(32(35,36)37)7-8-25(28)33/h3-9,16-19,38H,10-15H2,1-2H3,(H2,42,43,47)(H2,39,40,41,44). The molecular weight excluding hydrogens is 669 g/mol. The van der Waals surface area contributed by atoms with E-state index in [9.17, 15) is 26.6 Å². The molecule has 1 fully saturated rings. The Morgan fingerprint density at radius 3 is 2.39 bits per heavy atom. The molecule has 0 bridgehead atoms. The highest BCUT2D eigenvalue weighted by molar-refractivity contribution is 7.91. The molecule has 3 aromatic carbocycles. The molecule has 1 aromatic heterocycles. The van der Waals surface area contributed by atoms with Gasteiger partial charge in [-0.2, -0.15) is 18.2 Å². The second-order valence-corrected chi connectivity index (χ2v) is 13.6. The number of urea groups is 1. The van der Waals surface area contributed by atoms with Crippen LogP contribution in [-0.4, -0.2) is 82.6 Å². The quantitative estimate of drug-likeness (QED) is 0.118. The number of nitrogens with zero attached hydrogens (tertiary/aromatic N) is 4. The zero-order chi connectivity index (χ0) is 35.3. The number of piperazine rings is 1. The van der Waals surface area contributed by atoms with Crippen molar-refractivity contribution >= 4 is 44.6 Å². The first-order valence-electron chi connectivity index (χ1n) is 15.0. The molecule has 2 amide bonds. The number of carbonyl (C=O) groups excluding carboxylic acids is 1. The van der Waals surface area contributed by atoms with E-state index in [2.05, 4.69) is 42.8 Å². The molecule has 2 heterocycles. The number of rotatable bonds is 10. The molecule has 4 aromatic rings. The lowest BCUT2D eigenvalue weighted by Crippen LogP contribution is -2.45. The highest BCUT2D eigenvalue weighted by Gasteiger charge is 2.31. The van der Waals surface area contributed by atoms with Crippen LogP contribution in [0.1, 0.15) is 5.56 Å². The van der Waals surface area contributed by atoms with Crippen molar-refractivity contribution in [1.82, 2.24) is 19.8 Å². The van der Waals surface area contributed by atoms with Crippen molar-refractivity contribution in [1.29, 1.82) is 4.78 Å². The number of likely N-dealkylation sites (N-methyl/N-ethyl adjacent to an activating group) is 1. The van der Waals surface area contributed by atoms with E-state index in [1.807, 2.05) is 5.32 Å². The Balaban J connectivity index is 1.35. The lowest BCUT2D eigenvalue weighted by atomic mass is 10.1. The first-order valence-corrected chi connectivity index (χ1v) is 17.0. The van der Waals surface area contributed by atoms with Gasteiger partial charge in [0.1, 0.15) is 17.5 Å². The van der Waals surface area contributed by atoms with Gasteiger partial charge in [0.25, 0.3) is 0 Å². The van der Waals surface area contributed by atoms with Crippen molar-refractivity contribution in [3.8, 4) is 11.1 Å². The molecule has 11 nitrogen and oxygen atoms in total. The number of hydrogen-bond acceptors (Lipinski definition) is 9. The van der Waals surface area contributed by atoms with Crippen molar-refractivity contribution in [3.05, 3.63) is 84.1 Å². The average molecular weight is 704 g/mol. The molecule has 0 radical (unpaired) electrons. The van der Waals surface area contributed by atoms with Crippen LogP contribution < -0.4 is 21.3 Å². The van der Waals surface area contributed by atoms with E-state index in [4.69, 9.17) is 4.78 Å². The number of alkyl halides is 3. The summed E-state index contributed by atoms with van der Waals surface area (Å²) < 4.78 is 88.7. The van der Waals surface area contributed by atoms with Gasteiger partial charge in [-0.1, -0.05) is 12.1 Å². The van der Waals surface area contributed by atoms with Gasteiger partial charge in [0.15, 0.2) is 0 Å². The van der Waals surface area contributed by atoms with Crippen LogP contribution in [0.5, 0.6) is 0 Å². The Hall–Kier alpha value is -4.87. The monoisotopic (exact) mass is 703 g/mol. The Bertz CT molecular complexity index is 1930. The summed E-state index contributed by atoms with van der Waals surface area (Å²) in [5.41, 5.74) is -0.898. The zero-order valence-electron chi connectivity index (χ0n) is 26.5. The van der Waals surface area contributed by atoms with Crippen molar-refractivity contribution < 1.29 is 31.0 Å². The van der Waals surface area contributed by atoms with E-state index < -0.39 is 44.8 Å². The van der Waals surface area contributed by atoms with Crippen molar-refractivity contribution in [2.24, 2.45) is 0 Å². The summed E-state index contributed by atoms with van der Waals surface area (Å²) in [5.74, 6) is -1.41. The van der Waals surface area contributed by atoms with E-state index in [0.717, 1.165) is 38.8 Å². The Morgan fingerprint density at radius 2 is 1.69 bits per heavy atom. The smallest absolute Gasteiger partial charge is 0.368 e. The molecule has 260 valence electrons. The van der Waals surface area contributed by atoms with Gasteiger partial charge in [-0.3, -0.25) is 4.90 Å². The van der Waals surface area contributed by atoms with E-state index in [-0.39, 0.29) is 11.6 Å². The number of anilines is 5. The fraction of sp³-hybridized carbons (Fsp3) is 0.281. The summed E-state index contributed by atoms with van der Waals surface area (Å²) in [5, 5.41) is 10.5. The van der Waals surface area contributed by atoms with E-state index in [0.29, 0.717) is 52.3 Å². The Morgan fingerprint density at radius 1 is 0.959 bits per heavy atom. The van der Waals surface area contributed by atoms with Gasteiger partial charge in [0, 0.05) is 67.9 Å². The minimum absolute atomic E-state index is 0.188. The van der Waals surface area contributed by atoms with Gasteiger partial charge >= 0.3 is 12.2 Å². The van der Waals surface area contributed by atoms with Gasteiger partial charge in [0.05, 0.1) is 26.7 Å². The van der Waals surface area contributed by atoms with Crippen LogP contribution in [0.15, 0.2) is 71.8 Å². The summed E-state index contributed by atoms with van der Waals surface area (Å²) in [6.07, 6.45) is -1.95. The van der Waals surface area contributed by atoms with E-state index >= 15 is 4.39 Å². The van der Waals surface area contributed by atoms with Crippen molar-refractivity contribution in [3.63, 3.8) is 0 Å². The summed E-state index contributed by atoms with van der Waals surface area (Å²) in [4.78, 5) is 26.4. The number of benzene rings is 3. The number of nitrogens with one attached hydrogen (secondary N) is 5. The second-order valence-electron chi connectivity index (χ2n) is 11.5. The van der Waals surface area contributed by atoms with E-state index in [1.54, 1.807) is 24.3 Å². The zero-order valence-corrected chi connectivity index (χ0v) is 27.3. The maximum Gasteiger partial charge on any atom is 0.416 e. The van der Waals surface area contributed by atoms with Gasteiger partial charge < -0.3 is 26.2 Å². The van der Waals surface area contributed by atoms with Crippen molar-refractivity contribution in [2.45, 2.75) is 11.1 Å². The largest absolute Gasteiger partial charge is 0.416 e. The molecule has 1 unspecified atom stereocenters. The number of carbonyl (C=O) groups is 1. The van der Waals surface area contributed by atoms with Crippen LogP contribution >= 0.6 is 0 Å². The van der Waals surface area contributed by atoms with Crippen LogP contribution in [0.2, 0.25) is 0 Å². The number of amides is 2. The second kappa shape index (κ2) is 14.7. The molecule has 1 saturated heterocycles. The van der Waals surface area contributed by atoms with Crippen LogP contribution in [0, 0.1) is 16.4 Å². The molecule has 5 rings (SSSR count). The van der Waals surface area contributed by atoms with Crippen LogP contribution in [0.3, 0.4) is 0 Å². The third kappa shape index (κ3) is 9.39. The summed E-state index contributed by atoms with van der Waals surface area (Å²) in [6, 6.07) is 10.8. The Labute approximate surface area is 279 Å². The molecule has 0 spiro atoms. The first-order chi connectivity index (χ1) is 23.2. The van der Waals surface area contributed by atoms with E-state index in [1.165, 1.54) is 24.6 Å². The van der Waals surface area contributed by atoms with Gasteiger partial charge in [-0.25, -0.2) is 27.5 Å². The molecule has 5 N–H and O–H groups in total. The SMILES string of the molecule is CN1CCN(CCNc2nc(Nc3cccc(S(C)(=N)=O)c3)ncc2-c2ccc(NC(=O)Nc3cc(C(F)(F)F)ccc3F)c(F)c2)CC1. The molecule has 0 saturated carbocycles. The van der Waals surface area contributed by atoms with Crippen LogP contribution in [0.25, 0.3) is 11.1 Å². The summed E-state index contributed by atoms with van der Waals surface area (Å²) in [6.45, 7) is 4.93. The lowest BCUT2D eigenvalue weighted by Gasteiger charge is -2.32. The van der Waals surface area contributed by atoms with Gasteiger partial charge in [0.2, 0.25) is 5.95 Å². The number of aromatic nitrogens is 2. The molecule has 1 aliphatic rings. The third-order valence-electron chi connectivity index (χ3n) is 7.72. The van der Waals surface area contributed by atoms with Gasteiger partial charge in [-0.15, -0.1) is 0 Å². The first kappa shape index (κ1) is 35.4. The molecule has 49 heavy (non-hydrogen) atoms. The maximum absolute atomic E-state index is 15.3. The predicted octanol–water partition coefficient (Wildman–Crippen LogP) is 6.52. The molecule has 1 aliphatic heterocycles. The summed E-state index contributed by atoms with van der Waals surface area (Å²) >= 11 is 0. The Kier molecular flexibility index (Phi) is 10.6. The topological polar surface area (TPSA) is 138 Å². The molecule has 1 atom stereocenters. The minimum Gasteiger partial charge on any atom is -0.368 e. The van der Waals surface area contributed by atoms with Crippen LogP contribution in [0.4, 0.5) is 55.6 Å². The predicted molar refractivity (Wildman–Crippen MR) is 179 cm³/mol.